The molecule has 1 fully saturated rings. The summed E-state index contributed by atoms with van der Waals surface area (Å²) in [7, 11) is 0. The maximum absolute atomic E-state index is 11.0. The van der Waals surface area contributed by atoms with E-state index in [0.717, 1.165) is 5.57 Å². The van der Waals surface area contributed by atoms with E-state index < -0.39 is 12.0 Å². The van der Waals surface area contributed by atoms with Gasteiger partial charge >= 0.3 is 5.97 Å². The van der Waals surface area contributed by atoms with Gasteiger partial charge in [-0.1, -0.05) is 12.2 Å². The summed E-state index contributed by atoms with van der Waals surface area (Å²) in [5, 5.41) is 11.4. The Balaban J connectivity index is 2.68. The summed E-state index contributed by atoms with van der Waals surface area (Å²) in [6.45, 7) is 6.26. The summed E-state index contributed by atoms with van der Waals surface area (Å²) in [5.74, 6) is -1.05. The highest BCUT2D eigenvalue weighted by Gasteiger charge is 2.31. The molecule has 0 bridgehead atoms. The number of nitrogens with zero attached hydrogens (tertiary/aromatic N) is 1. The van der Waals surface area contributed by atoms with Gasteiger partial charge in [0.25, 0.3) is 0 Å². The topological polar surface area (TPSA) is 69.6 Å². The van der Waals surface area contributed by atoms with Crippen LogP contribution in [0.15, 0.2) is 12.2 Å². The van der Waals surface area contributed by atoms with Crippen molar-refractivity contribution in [1.82, 2.24) is 10.2 Å². The first-order valence-corrected chi connectivity index (χ1v) is 4.38. The zero-order chi connectivity index (χ0) is 10.7. The second-order valence-corrected chi connectivity index (χ2v) is 3.52. The summed E-state index contributed by atoms with van der Waals surface area (Å²) in [6, 6.07) is -0.635. The lowest BCUT2D eigenvalue weighted by Crippen LogP contribution is -2.57. The summed E-state index contributed by atoms with van der Waals surface area (Å²) in [5.41, 5.74) is 0.853. The van der Waals surface area contributed by atoms with Crippen molar-refractivity contribution < 1.29 is 14.7 Å². The smallest absolute Gasteiger partial charge is 0.322 e. The molecule has 5 heteroatoms. The van der Waals surface area contributed by atoms with E-state index in [1.807, 2.05) is 6.92 Å². The molecule has 0 saturated carbocycles. The third-order valence-corrected chi connectivity index (χ3v) is 2.04. The summed E-state index contributed by atoms with van der Waals surface area (Å²) < 4.78 is 0. The monoisotopic (exact) mass is 198 g/mol. The van der Waals surface area contributed by atoms with Crippen LogP contribution in [-0.2, 0) is 9.59 Å². The number of rotatable bonds is 3. The molecule has 1 aliphatic rings. The molecule has 1 rings (SSSR count). The van der Waals surface area contributed by atoms with Crippen molar-refractivity contribution >= 4 is 11.9 Å². The van der Waals surface area contributed by atoms with Crippen LogP contribution in [0.1, 0.15) is 6.92 Å². The zero-order valence-corrected chi connectivity index (χ0v) is 8.12. The van der Waals surface area contributed by atoms with Crippen molar-refractivity contribution in [1.29, 1.82) is 0 Å². The SMILES string of the molecule is C=C(C)CN1CC(=O)NCC1C(=O)O. The number of carbonyl (C=O) groups excluding carboxylic acids is 1. The van der Waals surface area contributed by atoms with E-state index in [1.54, 1.807) is 4.90 Å². The molecule has 78 valence electrons. The normalized spacial score (nSPS) is 22.9. The fourth-order valence-electron chi connectivity index (χ4n) is 1.45. The van der Waals surface area contributed by atoms with Gasteiger partial charge in [-0.3, -0.25) is 14.5 Å². The van der Waals surface area contributed by atoms with Crippen LogP contribution in [0.3, 0.4) is 0 Å². The van der Waals surface area contributed by atoms with Gasteiger partial charge in [0.1, 0.15) is 6.04 Å². The number of hydrogen-bond donors (Lipinski definition) is 2. The zero-order valence-electron chi connectivity index (χ0n) is 8.12. The Morgan fingerprint density at radius 2 is 2.43 bits per heavy atom. The number of carboxylic acids is 1. The molecule has 2 N–H and O–H groups in total. The van der Waals surface area contributed by atoms with Gasteiger partial charge in [0.2, 0.25) is 5.91 Å². The molecule has 1 saturated heterocycles. The highest BCUT2D eigenvalue weighted by atomic mass is 16.4. The standard InChI is InChI=1S/C9H14N2O3/c1-6(2)4-11-5-8(12)10-3-7(11)9(13)14/h7H,1,3-5H2,2H3,(H,10,12)(H,13,14). The molecule has 1 heterocycles. The largest absolute Gasteiger partial charge is 0.480 e. The Hall–Kier alpha value is -1.36. The van der Waals surface area contributed by atoms with Crippen LogP contribution < -0.4 is 5.32 Å². The van der Waals surface area contributed by atoms with Crippen molar-refractivity contribution in [2.24, 2.45) is 0 Å². The van der Waals surface area contributed by atoms with Gasteiger partial charge < -0.3 is 10.4 Å². The van der Waals surface area contributed by atoms with Crippen LogP contribution in [0.5, 0.6) is 0 Å². The van der Waals surface area contributed by atoms with E-state index in [4.69, 9.17) is 5.11 Å². The molecular formula is C9H14N2O3. The van der Waals surface area contributed by atoms with Crippen LogP contribution >= 0.6 is 0 Å². The van der Waals surface area contributed by atoms with Gasteiger partial charge in [-0.2, -0.15) is 0 Å². The molecule has 0 spiro atoms. The second-order valence-electron chi connectivity index (χ2n) is 3.52. The van der Waals surface area contributed by atoms with E-state index in [0.29, 0.717) is 6.54 Å². The fraction of sp³-hybridized carbons (Fsp3) is 0.556. The van der Waals surface area contributed by atoms with E-state index in [9.17, 15) is 9.59 Å². The summed E-state index contributed by atoms with van der Waals surface area (Å²) in [4.78, 5) is 23.5. The Labute approximate surface area is 82.4 Å². The molecule has 1 amide bonds. The Morgan fingerprint density at radius 3 is 2.93 bits per heavy atom. The molecule has 0 aromatic rings. The van der Waals surface area contributed by atoms with Crippen molar-refractivity contribution in [3.63, 3.8) is 0 Å². The molecule has 1 atom stereocenters. The van der Waals surface area contributed by atoms with Gasteiger partial charge in [-0.25, -0.2) is 0 Å². The van der Waals surface area contributed by atoms with Crippen molar-refractivity contribution in [2.45, 2.75) is 13.0 Å². The van der Waals surface area contributed by atoms with Gasteiger partial charge in [0.05, 0.1) is 6.54 Å². The molecule has 5 nitrogen and oxygen atoms in total. The Morgan fingerprint density at radius 1 is 1.79 bits per heavy atom. The van der Waals surface area contributed by atoms with E-state index in [1.165, 1.54) is 0 Å². The van der Waals surface area contributed by atoms with Crippen molar-refractivity contribution in [3.05, 3.63) is 12.2 Å². The maximum Gasteiger partial charge on any atom is 0.322 e. The first-order valence-electron chi connectivity index (χ1n) is 4.38. The van der Waals surface area contributed by atoms with Gasteiger partial charge in [-0.15, -0.1) is 0 Å². The number of aliphatic carboxylic acids is 1. The van der Waals surface area contributed by atoms with Crippen molar-refractivity contribution in [2.75, 3.05) is 19.6 Å². The van der Waals surface area contributed by atoms with Crippen LogP contribution in [0.25, 0.3) is 0 Å². The summed E-state index contributed by atoms with van der Waals surface area (Å²) in [6.07, 6.45) is 0. The number of piperazine rings is 1. The van der Waals surface area contributed by atoms with Crippen LogP contribution in [0.4, 0.5) is 0 Å². The van der Waals surface area contributed by atoms with Crippen LogP contribution in [0.2, 0.25) is 0 Å². The molecule has 1 aliphatic heterocycles. The highest BCUT2D eigenvalue weighted by Crippen LogP contribution is 2.06. The first kappa shape index (κ1) is 10.7. The number of carbonyl (C=O) groups is 2. The molecule has 0 radical (unpaired) electrons. The average Bonchev–Trinajstić information content (AvgIpc) is 2.01. The number of hydrogen-bond acceptors (Lipinski definition) is 3. The van der Waals surface area contributed by atoms with Gasteiger partial charge in [-0.05, 0) is 6.92 Å². The minimum Gasteiger partial charge on any atom is -0.480 e. The van der Waals surface area contributed by atoms with Gasteiger partial charge in [0.15, 0.2) is 0 Å². The third-order valence-electron chi connectivity index (χ3n) is 2.04. The maximum atomic E-state index is 11.0. The van der Waals surface area contributed by atoms with E-state index in [2.05, 4.69) is 11.9 Å². The molecule has 14 heavy (non-hydrogen) atoms. The lowest BCUT2D eigenvalue weighted by atomic mass is 10.1. The number of nitrogens with one attached hydrogen (secondary N) is 1. The molecule has 0 aliphatic carbocycles. The number of amides is 1. The molecule has 0 aromatic carbocycles. The molecule has 0 aromatic heterocycles. The Bertz CT molecular complexity index is 273. The fourth-order valence-corrected chi connectivity index (χ4v) is 1.45. The Kier molecular flexibility index (Phi) is 3.24. The van der Waals surface area contributed by atoms with E-state index >= 15 is 0 Å². The first-order chi connectivity index (χ1) is 6.50. The minimum atomic E-state index is -0.911. The lowest BCUT2D eigenvalue weighted by Gasteiger charge is -2.32. The second kappa shape index (κ2) is 4.23. The highest BCUT2D eigenvalue weighted by molar-refractivity contribution is 5.83. The predicted octanol–water partition coefficient (Wildman–Crippen LogP) is -0.552. The van der Waals surface area contributed by atoms with Crippen LogP contribution in [-0.4, -0.2) is 47.6 Å². The van der Waals surface area contributed by atoms with Crippen molar-refractivity contribution in [3.8, 4) is 0 Å². The number of carboxylic acid groups (broad SMARTS) is 1. The van der Waals surface area contributed by atoms with E-state index in [-0.39, 0.29) is 19.0 Å². The van der Waals surface area contributed by atoms with Crippen LogP contribution in [0, 0.1) is 0 Å². The molecular weight excluding hydrogens is 184 g/mol. The predicted molar refractivity (Wildman–Crippen MR) is 50.8 cm³/mol. The average molecular weight is 198 g/mol. The quantitative estimate of drug-likeness (QED) is 0.597. The minimum absolute atomic E-state index is 0.129. The summed E-state index contributed by atoms with van der Waals surface area (Å²) >= 11 is 0. The van der Waals surface area contributed by atoms with Gasteiger partial charge in [0, 0.05) is 13.1 Å². The molecule has 1 unspecified atom stereocenters. The third kappa shape index (κ3) is 2.56. The lowest BCUT2D eigenvalue weighted by molar-refractivity contribution is -0.145.